The van der Waals surface area contributed by atoms with Gasteiger partial charge < -0.3 is 15.8 Å². The molecule has 29 heavy (non-hydrogen) atoms. The number of likely N-dealkylation sites (tertiary alicyclic amines) is 1. The largest absolute Gasteiger partial charge is 0.491 e. The van der Waals surface area contributed by atoms with Gasteiger partial charge in [-0.2, -0.15) is 4.39 Å². The summed E-state index contributed by atoms with van der Waals surface area (Å²) >= 11 is 0. The lowest BCUT2D eigenvalue weighted by Crippen LogP contribution is -2.35. The summed E-state index contributed by atoms with van der Waals surface area (Å²) in [4.78, 5) is 18.5. The van der Waals surface area contributed by atoms with Crippen LogP contribution in [-0.2, 0) is 6.54 Å². The predicted molar refractivity (Wildman–Crippen MR) is 107 cm³/mol. The van der Waals surface area contributed by atoms with Crippen LogP contribution < -0.4 is 15.8 Å². The number of pyridine rings is 1. The molecule has 0 radical (unpaired) electrons. The number of amides is 1. The average molecular weight is 404 g/mol. The molecule has 0 saturated carbocycles. The van der Waals surface area contributed by atoms with Gasteiger partial charge in [0.2, 0.25) is 5.82 Å². The Kier molecular flexibility index (Phi) is 6.98. The average Bonchev–Trinajstić information content (AvgIpc) is 2.91. The van der Waals surface area contributed by atoms with E-state index in [0.29, 0.717) is 23.5 Å². The van der Waals surface area contributed by atoms with E-state index in [2.05, 4.69) is 15.2 Å². The molecule has 1 aromatic heterocycles. The molecule has 0 spiro atoms. The van der Waals surface area contributed by atoms with Crippen molar-refractivity contribution in [3.63, 3.8) is 0 Å². The minimum absolute atomic E-state index is 0.0500. The molecule has 1 atom stereocenters. The highest BCUT2D eigenvalue weighted by atomic mass is 19.2. The van der Waals surface area contributed by atoms with E-state index >= 15 is 0 Å². The number of nitrogen functional groups attached to an aromatic ring is 1. The number of halogens is 2. The lowest BCUT2D eigenvalue weighted by Gasteiger charge is -2.21. The van der Waals surface area contributed by atoms with Crippen LogP contribution >= 0.6 is 0 Å². The molecule has 1 unspecified atom stereocenters. The Balaban J connectivity index is 1.57. The summed E-state index contributed by atoms with van der Waals surface area (Å²) in [6, 6.07) is 6.08. The first-order valence-electron chi connectivity index (χ1n) is 9.81. The molecule has 2 heterocycles. The van der Waals surface area contributed by atoms with Crippen LogP contribution in [0.5, 0.6) is 5.75 Å². The van der Waals surface area contributed by atoms with Crippen molar-refractivity contribution in [1.82, 2.24) is 15.2 Å². The molecule has 3 N–H and O–H groups in total. The summed E-state index contributed by atoms with van der Waals surface area (Å²) in [5.41, 5.74) is 6.70. The zero-order valence-corrected chi connectivity index (χ0v) is 16.5. The third-order valence-corrected chi connectivity index (χ3v) is 4.97. The third kappa shape index (κ3) is 5.63. The first kappa shape index (κ1) is 21.0. The Hall–Kier alpha value is -2.74. The van der Waals surface area contributed by atoms with Gasteiger partial charge >= 0.3 is 0 Å². The fourth-order valence-corrected chi connectivity index (χ4v) is 3.49. The topological polar surface area (TPSA) is 80.5 Å². The fraction of sp³-hybridized carbons (Fsp3) is 0.429. The van der Waals surface area contributed by atoms with Crippen LogP contribution in [0, 0.1) is 11.6 Å². The van der Waals surface area contributed by atoms with Gasteiger partial charge in [0, 0.05) is 25.3 Å². The van der Waals surface area contributed by atoms with Crippen molar-refractivity contribution in [2.75, 3.05) is 25.4 Å². The van der Waals surface area contributed by atoms with E-state index in [1.54, 1.807) is 25.1 Å². The molecule has 6 nitrogen and oxygen atoms in total. The van der Waals surface area contributed by atoms with E-state index in [9.17, 15) is 13.6 Å². The van der Waals surface area contributed by atoms with Gasteiger partial charge in [0.1, 0.15) is 5.82 Å². The number of nitrogens with zero attached hydrogens (tertiary/aromatic N) is 2. The molecule has 1 aliphatic rings. The van der Waals surface area contributed by atoms with E-state index in [1.165, 1.54) is 12.3 Å². The summed E-state index contributed by atoms with van der Waals surface area (Å²) in [6.45, 7) is 4.06. The van der Waals surface area contributed by atoms with E-state index in [4.69, 9.17) is 10.5 Å². The Labute approximate surface area is 169 Å². The monoisotopic (exact) mass is 404 g/mol. The summed E-state index contributed by atoms with van der Waals surface area (Å²) < 4.78 is 32.8. The number of ether oxygens (including phenoxy) is 1. The smallest absolute Gasteiger partial charge is 0.253 e. The number of rotatable bonds is 6. The Morgan fingerprint density at radius 1 is 1.31 bits per heavy atom. The maximum absolute atomic E-state index is 13.9. The number of benzene rings is 1. The number of carbonyl (C=O) groups is 1. The Morgan fingerprint density at radius 2 is 2.14 bits per heavy atom. The van der Waals surface area contributed by atoms with Crippen molar-refractivity contribution in [2.24, 2.45) is 0 Å². The molecule has 0 aliphatic carbocycles. The standard InChI is InChI=1S/C21H26F2N4O2/c1-2-29-18-11-14(10-17(22)20(18)23)13-27-8-3-4-16(7-9-27)26-21(28)15-5-6-19(24)25-12-15/h5-6,10-12,16H,2-4,7-9,13H2,1H3,(H2,24,25)(H,26,28). The van der Waals surface area contributed by atoms with Gasteiger partial charge in [0.15, 0.2) is 11.6 Å². The number of anilines is 1. The summed E-state index contributed by atoms with van der Waals surface area (Å²) in [5, 5.41) is 3.05. The lowest BCUT2D eigenvalue weighted by molar-refractivity contribution is 0.0933. The summed E-state index contributed by atoms with van der Waals surface area (Å²) in [7, 11) is 0. The first-order valence-corrected chi connectivity index (χ1v) is 9.81. The molecule has 2 aromatic rings. The van der Waals surface area contributed by atoms with Crippen molar-refractivity contribution < 1.29 is 18.3 Å². The van der Waals surface area contributed by atoms with Crippen LogP contribution in [0.3, 0.4) is 0 Å². The predicted octanol–water partition coefficient (Wildman–Crippen LogP) is 3.13. The van der Waals surface area contributed by atoms with Crippen molar-refractivity contribution in [3.05, 3.63) is 53.2 Å². The number of hydrogen-bond acceptors (Lipinski definition) is 5. The van der Waals surface area contributed by atoms with E-state index in [0.717, 1.165) is 32.4 Å². The number of aromatic nitrogens is 1. The molecule has 1 aromatic carbocycles. The van der Waals surface area contributed by atoms with Gasteiger partial charge in [-0.3, -0.25) is 9.69 Å². The quantitative estimate of drug-likeness (QED) is 0.773. The summed E-state index contributed by atoms with van der Waals surface area (Å²) in [6.07, 6.45) is 3.99. The highest BCUT2D eigenvalue weighted by Gasteiger charge is 2.20. The Morgan fingerprint density at radius 3 is 2.86 bits per heavy atom. The molecular formula is C21H26F2N4O2. The zero-order valence-electron chi connectivity index (χ0n) is 16.5. The van der Waals surface area contributed by atoms with Crippen LogP contribution in [0.2, 0.25) is 0 Å². The molecule has 8 heteroatoms. The molecule has 0 bridgehead atoms. The maximum atomic E-state index is 13.9. The SMILES string of the molecule is CCOc1cc(CN2CCCC(NC(=O)c3ccc(N)nc3)CC2)cc(F)c1F. The molecule has 3 rings (SSSR count). The first-order chi connectivity index (χ1) is 14.0. The molecule has 1 amide bonds. The van der Waals surface area contributed by atoms with Crippen LogP contribution in [0.1, 0.15) is 42.1 Å². The minimum atomic E-state index is -0.952. The molecule has 156 valence electrons. The van der Waals surface area contributed by atoms with Crippen molar-refractivity contribution >= 4 is 11.7 Å². The van der Waals surface area contributed by atoms with Gasteiger partial charge in [0.25, 0.3) is 5.91 Å². The number of hydrogen-bond donors (Lipinski definition) is 2. The normalized spacial score (nSPS) is 17.6. The van der Waals surface area contributed by atoms with Gasteiger partial charge in [-0.1, -0.05) is 0 Å². The zero-order chi connectivity index (χ0) is 20.8. The molecular weight excluding hydrogens is 378 g/mol. The number of nitrogens with two attached hydrogens (primary N) is 1. The van der Waals surface area contributed by atoms with Gasteiger partial charge in [-0.25, -0.2) is 9.37 Å². The number of nitrogens with one attached hydrogen (secondary N) is 1. The molecule has 1 saturated heterocycles. The van der Waals surface area contributed by atoms with E-state index in [1.807, 2.05) is 0 Å². The fourth-order valence-electron chi connectivity index (χ4n) is 3.49. The Bertz CT molecular complexity index is 845. The van der Waals surface area contributed by atoms with Crippen molar-refractivity contribution in [2.45, 2.75) is 38.8 Å². The van der Waals surface area contributed by atoms with Crippen LogP contribution in [0.15, 0.2) is 30.5 Å². The molecule has 1 fully saturated rings. The van der Waals surface area contributed by atoms with Crippen LogP contribution in [-0.4, -0.2) is 41.5 Å². The van der Waals surface area contributed by atoms with Crippen molar-refractivity contribution in [1.29, 1.82) is 0 Å². The minimum Gasteiger partial charge on any atom is -0.491 e. The second-order valence-corrected chi connectivity index (χ2v) is 7.17. The lowest BCUT2D eigenvalue weighted by atomic mass is 10.1. The van der Waals surface area contributed by atoms with Crippen LogP contribution in [0.25, 0.3) is 0 Å². The highest BCUT2D eigenvalue weighted by molar-refractivity contribution is 5.94. The highest BCUT2D eigenvalue weighted by Crippen LogP contribution is 2.24. The van der Waals surface area contributed by atoms with Crippen molar-refractivity contribution in [3.8, 4) is 5.75 Å². The molecule has 1 aliphatic heterocycles. The third-order valence-electron chi connectivity index (χ3n) is 4.97. The number of carbonyl (C=O) groups excluding carboxylic acids is 1. The van der Waals surface area contributed by atoms with Crippen LogP contribution in [0.4, 0.5) is 14.6 Å². The summed E-state index contributed by atoms with van der Waals surface area (Å²) in [5.74, 6) is -1.71. The van der Waals surface area contributed by atoms with E-state index in [-0.39, 0.29) is 24.3 Å². The maximum Gasteiger partial charge on any atom is 0.253 e. The van der Waals surface area contributed by atoms with Gasteiger partial charge in [0.05, 0.1) is 12.2 Å². The second kappa shape index (κ2) is 9.65. The van der Waals surface area contributed by atoms with E-state index < -0.39 is 11.6 Å². The van der Waals surface area contributed by atoms with Gasteiger partial charge in [-0.15, -0.1) is 0 Å². The van der Waals surface area contributed by atoms with Gasteiger partial charge in [-0.05, 0) is 62.6 Å². The second-order valence-electron chi connectivity index (χ2n) is 7.17.